The molecular weight excluding hydrogens is 334 g/mol. The number of piperidine rings is 1. The molecule has 2 heterocycles. The fourth-order valence-corrected chi connectivity index (χ4v) is 3.54. The van der Waals surface area contributed by atoms with Crippen molar-refractivity contribution in [2.24, 2.45) is 5.10 Å². The molecule has 0 radical (unpaired) electrons. The van der Waals surface area contributed by atoms with Gasteiger partial charge in [0.2, 0.25) is 0 Å². The fourth-order valence-electron chi connectivity index (χ4n) is 3.54. The quantitative estimate of drug-likeness (QED) is 0.856. The first-order chi connectivity index (χ1) is 12.2. The van der Waals surface area contributed by atoms with Crippen molar-refractivity contribution in [2.45, 2.75) is 51.2 Å². The van der Waals surface area contributed by atoms with E-state index in [-0.39, 0.29) is 18.9 Å². The lowest BCUT2D eigenvalue weighted by Gasteiger charge is -2.36. The van der Waals surface area contributed by atoms with Gasteiger partial charge in [0.25, 0.3) is 11.8 Å². The van der Waals surface area contributed by atoms with Gasteiger partial charge in [0, 0.05) is 18.7 Å². The summed E-state index contributed by atoms with van der Waals surface area (Å²) in [6.07, 6.45) is 1.65. The molecule has 2 N–H and O–H groups in total. The third kappa shape index (κ3) is 3.12. The van der Waals surface area contributed by atoms with E-state index in [1.165, 1.54) is 0 Å². The van der Waals surface area contributed by atoms with Crippen LogP contribution in [-0.2, 0) is 4.79 Å². The van der Waals surface area contributed by atoms with Crippen molar-refractivity contribution >= 4 is 23.2 Å². The van der Waals surface area contributed by atoms with Gasteiger partial charge in [-0.25, -0.2) is 0 Å². The Labute approximate surface area is 152 Å². The monoisotopic (exact) mass is 359 g/mol. The van der Waals surface area contributed by atoms with Crippen molar-refractivity contribution in [3.05, 3.63) is 29.8 Å². The fraction of sp³-hybridized carbons (Fsp3) is 0.526. The molecule has 1 aromatic rings. The zero-order valence-electron chi connectivity index (χ0n) is 15.4. The van der Waals surface area contributed by atoms with Gasteiger partial charge >= 0.3 is 0 Å². The Balaban J connectivity index is 1.86. The number of nitrogens with zero attached hydrogens (tertiary/aromatic N) is 3. The molecule has 0 spiro atoms. The van der Waals surface area contributed by atoms with Gasteiger partial charge in [-0.3, -0.25) is 9.59 Å². The lowest BCUT2D eigenvalue weighted by atomic mass is 9.94. The van der Waals surface area contributed by atoms with Crippen LogP contribution in [0.1, 0.15) is 50.4 Å². The number of aliphatic hydroxyl groups is 2. The van der Waals surface area contributed by atoms with Crippen LogP contribution in [0.3, 0.4) is 0 Å². The molecule has 1 fully saturated rings. The lowest BCUT2D eigenvalue weighted by molar-refractivity contribution is -0.129. The van der Waals surface area contributed by atoms with E-state index >= 15 is 0 Å². The summed E-state index contributed by atoms with van der Waals surface area (Å²) in [5.41, 5.74) is -1.27. The maximum Gasteiger partial charge on any atom is 0.285 e. The Morgan fingerprint density at radius 2 is 2.08 bits per heavy atom. The minimum absolute atomic E-state index is 0.190. The van der Waals surface area contributed by atoms with Crippen LogP contribution in [0.25, 0.3) is 0 Å². The lowest BCUT2D eigenvalue weighted by Crippen LogP contribution is -2.48. The second-order valence-corrected chi connectivity index (χ2v) is 7.39. The number of carbonyl (C=O) groups excluding carboxylic acids is 2. The molecule has 2 amide bonds. The number of likely N-dealkylation sites (tertiary alicyclic amines) is 1. The second-order valence-electron chi connectivity index (χ2n) is 7.39. The molecule has 1 saturated heterocycles. The normalized spacial score (nSPS) is 29.1. The van der Waals surface area contributed by atoms with E-state index in [1.54, 1.807) is 49.9 Å². The summed E-state index contributed by atoms with van der Waals surface area (Å²) in [4.78, 5) is 27.0. The molecule has 140 valence electrons. The van der Waals surface area contributed by atoms with E-state index in [2.05, 4.69) is 5.10 Å². The number of rotatable bonds is 3. The number of hydrogen-bond donors (Lipinski definition) is 2. The van der Waals surface area contributed by atoms with E-state index in [1.807, 2.05) is 0 Å². The highest BCUT2D eigenvalue weighted by molar-refractivity contribution is 6.21. The summed E-state index contributed by atoms with van der Waals surface area (Å²) in [5, 5.41) is 26.0. The van der Waals surface area contributed by atoms with Crippen molar-refractivity contribution in [3.8, 4) is 0 Å². The molecule has 7 nitrogen and oxygen atoms in total. The van der Waals surface area contributed by atoms with Crippen LogP contribution < -0.4 is 5.01 Å². The number of benzene rings is 1. The van der Waals surface area contributed by atoms with Crippen molar-refractivity contribution in [3.63, 3.8) is 0 Å². The molecule has 2 aliphatic heterocycles. The molecule has 2 aliphatic rings. The van der Waals surface area contributed by atoms with Crippen molar-refractivity contribution in [1.29, 1.82) is 0 Å². The van der Waals surface area contributed by atoms with Gasteiger partial charge in [-0.05, 0) is 51.3 Å². The highest BCUT2D eigenvalue weighted by atomic mass is 16.3. The number of amides is 2. The number of β-amino-alcohol motifs (C(OH)–C–C–N with tert-alkyl or cyclic N) is 1. The third-order valence-corrected chi connectivity index (χ3v) is 5.21. The molecule has 2 atom stereocenters. The van der Waals surface area contributed by atoms with Crippen LogP contribution in [0.5, 0.6) is 0 Å². The topological polar surface area (TPSA) is 93.4 Å². The van der Waals surface area contributed by atoms with Gasteiger partial charge in [-0.2, -0.15) is 10.1 Å². The van der Waals surface area contributed by atoms with E-state index in [0.29, 0.717) is 29.9 Å². The number of hydrogen-bond acceptors (Lipinski definition) is 5. The molecule has 0 aliphatic carbocycles. The van der Waals surface area contributed by atoms with Gasteiger partial charge in [-0.1, -0.05) is 13.0 Å². The summed E-state index contributed by atoms with van der Waals surface area (Å²) in [7, 11) is 0. The van der Waals surface area contributed by atoms with Gasteiger partial charge < -0.3 is 15.1 Å². The smallest absolute Gasteiger partial charge is 0.285 e. The summed E-state index contributed by atoms with van der Waals surface area (Å²) >= 11 is 0. The van der Waals surface area contributed by atoms with Crippen LogP contribution in [0.15, 0.2) is 29.4 Å². The van der Waals surface area contributed by atoms with E-state index in [9.17, 15) is 19.8 Å². The van der Waals surface area contributed by atoms with E-state index in [0.717, 1.165) is 11.4 Å². The molecule has 0 bridgehead atoms. The second kappa shape index (κ2) is 6.48. The number of carbonyl (C=O) groups is 2. The largest absolute Gasteiger partial charge is 0.388 e. The maximum absolute atomic E-state index is 12.8. The SMILES string of the molecule is CC[C@]1(O)C(=O)N(c2cccc(C(=O)N3CCC[C@](C)(O)C3)c2)N=C1C. The summed E-state index contributed by atoms with van der Waals surface area (Å²) in [6.45, 7) is 5.95. The summed E-state index contributed by atoms with van der Waals surface area (Å²) < 4.78 is 0. The maximum atomic E-state index is 12.8. The average Bonchev–Trinajstić information content (AvgIpc) is 2.85. The number of anilines is 1. The Bertz CT molecular complexity index is 774. The highest BCUT2D eigenvalue weighted by Crippen LogP contribution is 2.30. The van der Waals surface area contributed by atoms with Gasteiger partial charge in [-0.15, -0.1) is 0 Å². The molecule has 3 rings (SSSR count). The van der Waals surface area contributed by atoms with Crippen molar-refractivity contribution in [1.82, 2.24) is 4.90 Å². The third-order valence-electron chi connectivity index (χ3n) is 5.21. The Morgan fingerprint density at radius 3 is 2.69 bits per heavy atom. The Kier molecular flexibility index (Phi) is 4.62. The first kappa shape index (κ1) is 18.5. The highest BCUT2D eigenvalue weighted by Gasteiger charge is 2.46. The van der Waals surface area contributed by atoms with Crippen molar-refractivity contribution < 1.29 is 19.8 Å². The average molecular weight is 359 g/mol. The number of hydrazone groups is 1. The molecular formula is C19H25N3O4. The summed E-state index contributed by atoms with van der Waals surface area (Å²) in [6, 6.07) is 6.64. The van der Waals surface area contributed by atoms with Crippen LogP contribution in [0, 0.1) is 0 Å². The van der Waals surface area contributed by atoms with Gasteiger partial charge in [0.05, 0.1) is 17.0 Å². The van der Waals surface area contributed by atoms with Crippen LogP contribution in [-0.4, -0.2) is 56.9 Å². The Hall–Kier alpha value is -2.25. The van der Waals surface area contributed by atoms with Crippen molar-refractivity contribution in [2.75, 3.05) is 18.1 Å². The Morgan fingerprint density at radius 1 is 1.35 bits per heavy atom. The van der Waals surface area contributed by atoms with Crippen LogP contribution in [0.2, 0.25) is 0 Å². The molecule has 26 heavy (non-hydrogen) atoms. The summed E-state index contributed by atoms with van der Waals surface area (Å²) in [5.74, 6) is -0.701. The molecule has 1 aromatic carbocycles. The molecule has 0 unspecified atom stereocenters. The molecule has 0 aromatic heterocycles. The van der Waals surface area contributed by atoms with Crippen LogP contribution in [0.4, 0.5) is 5.69 Å². The standard InChI is InChI=1S/C19H25N3O4/c1-4-19(26)13(2)20-22(17(19)24)15-8-5-7-14(11-15)16(23)21-10-6-9-18(3,25)12-21/h5,7-8,11,25-26H,4,6,9-10,12H2,1-3H3/t18-,19+/m0/s1. The molecule has 7 heteroatoms. The van der Waals surface area contributed by atoms with Gasteiger partial charge in [0.1, 0.15) is 0 Å². The zero-order valence-corrected chi connectivity index (χ0v) is 15.4. The zero-order chi connectivity index (χ0) is 19.1. The minimum atomic E-state index is -1.59. The van der Waals surface area contributed by atoms with Crippen LogP contribution >= 0.6 is 0 Å². The minimum Gasteiger partial charge on any atom is -0.388 e. The van der Waals surface area contributed by atoms with E-state index in [4.69, 9.17) is 0 Å². The van der Waals surface area contributed by atoms with E-state index < -0.39 is 17.1 Å². The first-order valence-corrected chi connectivity index (χ1v) is 8.92. The predicted octanol–water partition coefficient (Wildman–Crippen LogP) is 1.54. The van der Waals surface area contributed by atoms with Gasteiger partial charge in [0.15, 0.2) is 5.60 Å². The first-order valence-electron chi connectivity index (χ1n) is 8.92. The predicted molar refractivity (Wildman–Crippen MR) is 98.0 cm³/mol. The molecule has 0 saturated carbocycles.